The van der Waals surface area contributed by atoms with Crippen LogP contribution in [0, 0.1) is 11.6 Å². The third-order valence-corrected chi connectivity index (χ3v) is 6.51. The molecule has 4 rings (SSSR count). The summed E-state index contributed by atoms with van der Waals surface area (Å²) < 4.78 is 38.0. The van der Waals surface area contributed by atoms with Crippen molar-refractivity contribution in [3.8, 4) is 11.5 Å². The second-order valence-corrected chi connectivity index (χ2v) is 8.86. The van der Waals surface area contributed by atoms with Gasteiger partial charge in [-0.25, -0.2) is 8.78 Å². The molecule has 0 spiro atoms. The van der Waals surface area contributed by atoms with Crippen molar-refractivity contribution in [1.82, 2.24) is 4.90 Å². The van der Waals surface area contributed by atoms with Gasteiger partial charge in [-0.05, 0) is 48.5 Å². The van der Waals surface area contributed by atoms with E-state index < -0.39 is 11.7 Å². The van der Waals surface area contributed by atoms with Crippen LogP contribution in [-0.4, -0.2) is 55.7 Å². The van der Waals surface area contributed by atoms with Crippen molar-refractivity contribution in [3.05, 3.63) is 82.9 Å². The Bertz CT molecular complexity index is 1250. The molecule has 1 heterocycles. The maximum Gasteiger partial charge on any atom is 0.262 e. The Morgan fingerprint density at radius 3 is 2.42 bits per heavy atom. The number of amides is 1. The van der Waals surface area contributed by atoms with Gasteiger partial charge in [0, 0.05) is 37.4 Å². The molecule has 0 aromatic heterocycles. The van der Waals surface area contributed by atoms with Crippen molar-refractivity contribution in [1.29, 1.82) is 0 Å². The molecular weight excluding hydrogens is 508 g/mol. The largest absolute Gasteiger partial charge is 0.493 e. The molecule has 0 aliphatic carbocycles. The van der Waals surface area contributed by atoms with Gasteiger partial charge in [0.2, 0.25) is 0 Å². The Morgan fingerprint density at radius 1 is 1.06 bits per heavy atom. The average molecular weight is 532 g/mol. The standard InChI is InChI=1S/C26H24ClF2N3O3S/c1-34-23-15-17(26(36)32-12-10-31(11-13-32)19-8-6-18(28)7-9-19)14-20(27)25(23)35-16-24(33)30-22-5-3-2-4-21(22)29/h2-9,14-15H,10-13,16H2,1H3,(H,30,33). The lowest BCUT2D eigenvalue weighted by Crippen LogP contribution is -2.48. The van der Waals surface area contributed by atoms with Crippen molar-refractivity contribution in [2.75, 3.05) is 50.1 Å². The number of thiocarbonyl (C=S) groups is 1. The van der Waals surface area contributed by atoms with Gasteiger partial charge >= 0.3 is 0 Å². The van der Waals surface area contributed by atoms with E-state index in [4.69, 9.17) is 33.3 Å². The number of carbonyl (C=O) groups excluding carboxylic acids is 1. The van der Waals surface area contributed by atoms with Gasteiger partial charge < -0.3 is 24.6 Å². The van der Waals surface area contributed by atoms with Crippen LogP contribution in [0.1, 0.15) is 5.56 Å². The van der Waals surface area contributed by atoms with Gasteiger partial charge in [-0.2, -0.15) is 0 Å². The number of nitrogens with one attached hydrogen (secondary N) is 1. The van der Waals surface area contributed by atoms with Gasteiger partial charge in [-0.15, -0.1) is 0 Å². The number of nitrogens with zero attached hydrogens (tertiary/aromatic N) is 2. The number of hydrogen-bond acceptors (Lipinski definition) is 5. The SMILES string of the molecule is COc1cc(C(=S)N2CCN(c3ccc(F)cc3)CC2)cc(Cl)c1OCC(=O)Nc1ccccc1F. The number of anilines is 2. The lowest BCUT2D eigenvalue weighted by molar-refractivity contribution is -0.118. The molecule has 188 valence electrons. The zero-order valence-corrected chi connectivity index (χ0v) is 21.0. The van der Waals surface area contributed by atoms with Gasteiger partial charge in [0.05, 0.1) is 17.8 Å². The summed E-state index contributed by atoms with van der Waals surface area (Å²) in [5.41, 5.74) is 1.71. The van der Waals surface area contributed by atoms with Gasteiger partial charge in [0.15, 0.2) is 18.1 Å². The van der Waals surface area contributed by atoms with E-state index in [1.54, 1.807) is 30.3 Å². The third kappa shape index (κ3) is 6.03. The minimum absolute atomic E-state index is 0.0596. The number of methoxy groups -OCH3 is 1. The van der Waals surface area contributed by atoms with Crippen LogP contribution in [0.3, 0.4) is 0 Å². The molecule has 0 atom stereocenters. The van der Waals surface area contributed by atoms with Crippen LogP contribution in [-0.2, 0) is 4.79 Å². The van der Waals surface area contributed by atoms with Crippen LogP contribution in [0.15, 0.2) is 60.7 Å². The molecule has 1 aliphatic rings. The van der Waals surface area contributed by atoms with E-state index in [-0.39, 0.29) is 28.9 Å². The highest BCUT2D eigenvalue weighted by molar-refractivity contribution is 7.80. The Hall–Kier alpha value is -3.43. The van der Waals surface area contributed by atoms with Gasteiger partial charge in [0.1, 0.15) is 16.6 Å². The lowest BCUT2D eigenvalue weighted by atomic mass is 10.1. The molecule has 0 saturated carbocycles. The molecule has 1 aliphatic heterocycles. The summed E-state index contributed by atoms with van der Waals surface area (Å²) in [5.74, 6) is -0.837. The maximum atomic E-state index is 13.8. The molecule has 0 bridgehead atoms. The van der Waals surface area contributed by atoms with E-state index in [0.717, 1.165) is 18.8 Å². The first-order chi connectivity index (χ1) is 17.4. The van der Waals surface area contributed by atoms with Crippen molar-refractivity contribution < 1.29 is 23.0 Å². The highest BCUT2D eigenvalue weighted by atomic mass is 35.5. The average Bonchev–Trinajstić information content (AvgIpc) is 2.89. The summed E-state index contributed by atoms with van der Waals surface area (Å²) in [6.45, 7) is 2.44. The fourth-order valence-corrected chi connectivity index (χ4v) is 4.44. The van der Waals surface area contributed by atoms with Crippen molar-refractivity contribution in [2.24, 2.45) is 0 Å². The molecule has 10 heteroatoms. The fraction of sp³-hybridized carbons (Fsp3) is 0.231. The number of piperazine rings is 1. The second-order valence-electron chi connectivity index (χ2n) is 8.06. The zero-order chi connectivity index (χ0) is 25.7. The van der Waals surface area contributed by atoms with E-state index in [9.17, 15) is 13.6 Å². The zero-order valence-electron chi connectivity index (χ0n) is 19.5. The van der Waals surface area contributed by atoms with E-state index in [0.29, 0.717) is 29.4 Å². The highest BCUT2D eigenvalue weighted by Crippen LogP contribution is 2.37. The van der Waals surface area contributed by atoms with Crippen LogP contribution in [0.25, 0.3) is 0 Å². The number of ether oxygens (including phenoxy) is 2. The van der Waals surface area contributed by atoms with E-state index >= 15 is 0 Å². The summed E-state index contributed by atoms with van der Waals surface area (Å²) in [5, 5.41) is 2.69. The summed E-state index contributed by atoms with van der Waals surface area (Å²) in [6, 6.07) is 15.7. The van der Waals surface area contributed by atoms with Gasteiger partial charge in [0.25, 0.3) is 5.91 Å². The Morgan fingerprint density at radius 2 is 1.75 bits per heavy atom. The third-order valence-electron chi connectivity index (χ3n) is 5.73. The van der Waals surface area contributed by atoms with Gasteiger partial charge in [-0.1, -0.05) is 36.0 Å². The Balaban J connectivity index is 1.39. The topological polar surface area (TPSA) is 54.0 Å². The quantitative estimate of drug-likeness (QED) is 0.426. The summed E-state index contributed by atoms with van der Waals surface area (Å²) >= 11 is 12.2. The van der Waals surface area contributed by atoms with Crippen LogP contribution in [0.5, 0.6) is 11.5 Å². The molecule has 1 saturated heterocycles. The Kier molecular flexibility index (Phi) is 8.22. The molecule has 3 aromatic carbocycles. The predicted molar refractivity (Wildman–Crippen MR) is 140 cm³/mol. The molecule has 0 radical (unpaired) electrons. The molecule has 1 N–H and O–H groups in total. The van der Waals surface area contributed by atoms with Crippen molar-refractivity contribution in [2.45, 2.75) is 0 Å². The predicted octanol–water partition coefficient (Wildman–Crippen LogP) is 5.14. The first kappa shape index (κ1) is 25.7. The molecule has 6 nitrogen and oxygen atoms in total. The second kappa shape index (κ2) is 11.5. The van der Waals surface area contributed by atoms with E-state index in [1.807, 2.05) is 0 Å². The lowest BCUT2D eigenvalue weighted by Gasteiger charge is -2.37. The Labute approximate surface area is 218 Å². The van der Waals surface area contributed by atoms with E-state index in [2.05, 4.69) is 15.1 Å². The smallest absolute Gasteiger partial charge is 0.262 e. The number of carbonyl (C=O) groups is 1. The number of benzene rings is 3. The number of para-hydroxylation sites is 1. The fourth-order valence-electron chi connectivity index (χ4n) is 3.87. The minimum Gasteiger partial charge on any atom is -0.493 e. The molecule has 0 unspecified atom stereocenters. The highest BCUT2D eigenvalue weighted by Gasteiger charge is 2.22. The van der Waals surface area contributed by atoms with Crippen molar-refractivity contribution >= 4 is 46.1 Å². The summed E-state index contributed by atoms with van der Waals surface area (Å²) in [7, 11) is 1.46. The van der Waals surface area contributed by atoms with Crippen LogP contribution in [0.4, 0.5) is 20.2 Å². The van der Waals surface area contributed by atoms with Crippen molar-refractivity contribution in [3.63, 3.8) is 0 Å². The van der Waals surface area contributed by atoms with E-state index in [1.165, 1.54) is 37.4 Å². The molecule has 3 aromatic rings. The molecule has 36 heavy (non-hydrogen) atoms. The molecule has 1 amide bonds. The molecular formula is C26H24ClF2N3O3S. The minimum atomic E-state index is -0.545. The van der Waals surface area contributed by atoms with Crippen LogP contribution in [0.2, 0.25) is 5.02 Å². The maximum absolute atomic E-state index is 13.8. The number of halogens is 3. The molecule has 1 fully saturated rings. The monoisotopic (exact) mass is 531 g/mol. The number of rotatable bonds is 7. The first-order valence-corrected chi connectivity index (χ1v) is 12.0. The summed E-state index contributed by atoms with van der Waals surface area (Å²) in [6.07, 6.45) is 0. The first-order valence-electron chi connectivity index (χ1n) is 11.2. The van der Waals surface area contributed by atoms with Crippen LogP contribution >= 0.6 is 23.8 Å². The normalized spacial score (nSPS) is 13.3. The number of hydrogen-bond donors (Lipinski definition) is 1. The van der Waals surface area contributed by atoms with Gasteiger partial charge in [-0.3, -0.25) is 4.79 Å². The van der Waals surface area contributed by atoms with Crippen LogP contribution < -0.4 is 19.7 Å². The summed E-state index contributed by atoms with van der Waals surface area (Å²) in [4.78, 5) is 17.1.